The Kier molecular flexibility index (Phi) is 4.13. The summed E-state index contributed by atoms with van der Waals surface area (Å²) in [5.74, 6) is 0.977. The van der Waals surface area contributed by atoms with Gasteiger partial charge in [0, 0.05) is 24.8 Å². The van der Waals surface area contributed by atoms with Crippen LogP contribution in [0.25, 0.3) is 0 Å². The molecular weight excluding hydrogens is 314 g/mol. The van der Waals surface area contributed by atoms with Gasteiger partial charge in [-0.15, -0.1) is 0 Å². The first-order valence-corrected chi connectivity index (χ1v) is 8.63. The van der Waals surface area contributed by atoms with Crippen LogP contribution in [-0.2, 0) is 16.8 Å². The lowest BCUT2D eigenvalue weighted by Crippen LogP contribution is -2.39. The third-order valence-corrected chi connectivity index (χ3v) is 5.71. The van der Waals surface area contributed by atoms with Crippen LogP contribution in [0.1, 0.15) is 42.8 Å². The van der Waals surface area contributed by atoms with Crippen molar-refractivity contribution < 1.29 is 9.53 Å². The molecule has 0 radical (unpaired) electrons. The van der Waals surface area contributed by atoms with Crippen LogP contribution < -0.4 is 4.74 Å². The molecule has 0 spiro atoms. The Hall–Kier alpha value is -2.30. The van der Waals surface area contributed by atoms with Gasteiger partial charge in [0.15, 0.2) is 0 Å². The number of hydrogen-bond acceptors (Lipinski definition) is 3. The van der Waals surface area contributed by atoms with Crippen molar-refractivity contribution in [1.29, 1.82) is 0 Å². The molecule has 1 aliphatic rings. The summed E-state index contributed by atoms with van der Waals surface area (Å²) in [6.45, 7) is 8.86. The zero-order valence-electron chi connectivity index (χ0n) is 15.9. The number of ether oxygens (including phenoxy) is 1. The quantitative estimate of drug-likeness (QED) is 0.907. The summed E-state index contributed by atoms with van der Waals surface area (Å²) in [4.78, 5) is 15.2. The van der Waals surface area contributed by atoms with Gasteiger partial charge in [0.1, 0.15) is 5.75 Å². The van der Waals surface area contributed by atoms with Crippen LogP contribution in [0.2, 0.25) is 0 Å². The Balaban J connectivity index is 1.89. The second kappa shape index (κ2) is 5.90. The maximum absolute atomic E-state index is 13.4. The van der Waals surface area contributed by atoms with Crippen molar-refractivity contribution in [2.75, 3.05) is 14.2 Å². The molecule has 2 aromatic rings. The normalized spacial score (nSPS) is 21.0. The van der Waals surface area contributed by atoms with Crippen molar-refractivity contribution in [2.45, 2.75) is 46.1 Å². The predicted octanol–water partition coefficient (Wildman–Crippen LogP) is 3.36. The lowest BCUT2D eigenvalue weighted by atomic mass is 9.86. The smallest absolute Gasteiger partial charge is 0.233 e. The van der Waals surface area contributed by atoms with Gasteiger partial charge in [-0.3, -0.25) is 9.89 Å². The van der Waals surface area contributed by atoms with E-state index < -0.39 is 5.41 Å². The van der Waals surface area contributed by atoms with Gasteiger partial charge < -0.3 is 9.64 Å². The maximum Gasteiger partial charge on any atom is 0.233 e. The average molecular weight is 341 g/mol. The Morgan fingerprint density at radius 3 is 2.32 bits per heavy atom. The van der Waals surface area contributed by atoms with Crippen molar-refractivity contribution in [2.24, 2.45) is 5.41 Å². The zero-order valence-corrected chi connectivity index (χ0v) is 15.9. The molecule has 1 heterocycles. The summed E-state index contributed by atoms with van der Waals surface area (Å²) < 4.78 is 5.25. The van der Waals surface area contributed by atoms with Gasteiger partial charge in [-0.25, -0.2) is 0 Å². The van der Waals surface area contributed by atoms with Gasteiger partial charge in [-0.1, -0.05) is 26.0 Å². The minimum Gasteiger partial charge on any atom is -0.497 e. The van der Waals surface area contributed by atoms with Crippen molar-refractivity contribution in [3.05, 3.63) is 46.8 Å². The average Bonchev–Trinajstić information content (AvgIpc) is 3.06. The van der Waals surface area contributed by atoms with Crippen molar-refractivity contribution in [3.63, 3.8) is 0 Å². The molecule has 0 saturated heterocycles. The van der Waals surface area contributed by atoms with Gasteiger partial charge in [0.05, 0.1) is 18.2 Å². The molecule has 1 aromatic carbocycles. The molecule has 0 aliphatic heterocycles. The van der Waals surface area contributed by atoms with Crippen LogP contribution in [0, 0.1) is 19.3 Å². The van der Waals surface area contributed by atoms with Gasteiger partial charge in [0.2, 0.25) is 5.91 Å². The first-order valence-electron chi connectivity index (χ1n) is 8.63. The molecule has 0 unspecified atom stereocenters. The van der Waals surface area contributed by atoms with E-state index in [4.69, 9.17) is 4.74 Å². The van der Waals surface area contributed by atoms with Crippen LogP contribution >= 0.6 is 0 Å². The number of hydrogen-bond donors (Lipinski definition) is 1. The van der Waals surface area contributed by atoms with Gasteiger partial charge >= 0.3 is 0 Å². The lowest BCUT2D eigenvalue weighted by Gasteiger charge is -2.27. The summed E-state index contributed by atoms with van der Waals surface area (Å²) in [6, 6.07) is 7.91. The molecule has 25 heavy (non-hydrogen) atoms. The van der Waals surface area contributed by atoms with Gasteiger partial charge in [-0.05, 0) is 43.4 Å². The minimum atomic E-state index is -0.459. The molecule has 1 fully saturated rings. The third kappa shape index (κ3) is 2.71. The highest BCUT2D eigenvalue weighted by Gasteiger charge is 2.67. The van der Waals surface area contributed by atoms with E-state index in [0.29, 0.717) is 6.54 Å². The molecule has 1 saturated carbocycles. The van der Waals surface area contributed by atoms with Crippen LogP contribution in [0.3, 0.4) is 0 Å². The molecule has 1 atom stereocenters. The Morgan fingerprint density at radius 1 is 1.28 bits per heavy atom. The fourth-order valence-electron chi connectivity index (χ4n) is 3.92. The van der Waals surface area contributed by atoms with E-state index in [1.54, 1.807) is 7.11 Å². The summed E-state index contributed by atoms with van der Waals surface area (Å²) >= 11 is 0. The monoisotopic (exact) mass is 341 g/mol. The molecule has 3 rings (SSSR count). The summed E-state index contributed by atoms with van der Waals surface area (Å²) in [5.41, 5.74) is 3.62. The summed E-state index contributed by atoms with van der Waals surface area (Å²) in [5, 5.41) is 7.23. The van der Waals surface area contributed by atoms with E-state index >= 15 is 0 Å². The summed E-state index contributed by atoms with van der Waals surface area (Å²) in [6.07, 6.45) is 0.860. The van der Waals surface area contributed by atoms with Crippen molar-refractivity contribution in [1.82, 2.24) is 15.1 Å². The number of nitrogens with one attached hydrogen (secondary N) is 1. The molecule has 5 nitrogen and oxygen atoms in total. The highest BCUT2D eigenvalue weighted by molar-refractivity contribution is 5.93. The molecular formula is C20H27N3O2. The highest BCUT2D eigenvalue weighted by Crippen LogP contribution is 2.65. The molecule has 1 aliphatic carbocycles. The van der Waals surface area contributed by atoms with E-state index in [1.807, 2.05) is 50.1 Å². The Morgan fingerprint density at radius 2 is 1.88 bits per heavy atom. The number of nitrogens with zero attached hydrogens (tertiary/aromatic N) is 2. The SMILES string of the molecule is COc1ccc([C@]2(C(=O)N(C)Cc3c(C)n[nH]c3C)CC2(C)C)cc1. The lowest BCUT2D eigenvalue weighted by molar-refractivity contribution is -0.134. The number of aromatic nitrogens is 2. The van der Waals surface area contributed by atoms with E-state index in [9.17, 15) is 4.79 Å². The second-order valence-electron chi connectivity index (χ2n) is 7.77. The number of carbonyl (C=O) groups excluding carboxylic acids is 1. The number of amides is 1. The number of aryl methyl sites for hydroxylation is 2. The fraction of sp³-hybridized carbons (Fsp3) is 0.500. The van der Waals surface area contributed by atoms with Crippen molar-refractivity contribution >= 4 is 5.91 Å². The van der Waals surface area contributed by atoms with Gasteiger partial charge in [-0.2, -0.15) is 5.10 Å². The molecule has 1 aromatic heterocycles. The van der Waals surface area contributed by atoms with E-state index in [-0.39, 0.29) is 11.3 Å². The van der Waals surface area contributed by atoms with Crippen LogP contribution in [0.5, 0.6) is 5.75 Å². The van der Waals surface area contributed by atoms with E-state index in [0.717, 1.165) is 34.7 Å². The Bertz CT molecular complexity index is 772. The van der Waals surface area contributed by atoms with Crippen LogP contribution in [-0.4, -0.2) is 35.2 Å². The Labute approximate surface area is 149 Å². The van der Waals surface area contributed by atoms with E-state index in [2.05, 4.69) is 24.0 Å². The maximum atomic E-state index is 13.4. The molecule has 5 heteroatoms. The van der Waals surface area contributed by atoms with Gasteiger partial charge in [0.25, 0.3) is 0 Å². The second-order valence-corrected chi connectivity index (χ2v) is 7.77. The number of benzene rings is 1. The largest absolute Gasteiger partial charge is 0.497 e. The number of carbonyl (C=O) groups is 1. The molecule has 0 bridgehead atoms. The first-order chi connectivity index (χ1) is 11.7. The zero-order chi connectivity index (χ0) is 18.4. The molecule has 1 amide bonds. The number of aromatic amines is 1. The first kappa shape index (κ1) is 17.5. The molecule has 1 N–H and O–H groups in total. The minimum absolute atomic E-state index is 0.0482. The predicted molar refractivity (Wildman–Crippen MR) is 97.6 cm³/mol. The number of rotatable bonds is 5. The van der Waals surface area contributed by atoms with Crippen LogP contribution in [0.15, 0.2) is 24.3 Å². The molecule has 134 valence electrons. The number of likely N-dealkylation sites (N-methyl/N-ethyl adjacent to an activating group) is 1. The third-order valence-electron chi connectivity index (χ3n) is 5.71. The number of methoxy groups -OCH3 is 1. The highest BCUT2D eigenvalue weighted by atomic mass is 16.5. The summed E-state index contributed by atoms with van der Waals surface area (Å²) in [7, 11) is 3.54. The topological polar surface area (TPSA) is 58.2 Å². The standard InChI is InChI=1S/C20H27N3O2/c1-13-17(14(2)22-21-13)11-23(5)18(24)20(12-19(20,3)4)15-7-9-16(25-6)10-8-15/h7-10H,11-12H2,1-6H3,(H,21,22)/t20-/m0/s1. The van der Waals surface area contributed by atoms with E-state index in [1.165, 1.54) is 0 Å². The fourth-order valence-corrected chi connectivity index (χ4v) is 3.92. The number of H-pyrrole nitrogens is 1. The van der Waals surface area contributed by atoms with Crippen LogP contribution in [0.4, 0.5) is 0 Å². The van der Waals surface area contributed by atoms with Crippen molar-refractivity contribution in [3.8, 4) is 5.75 Å².